The van der Waals surface area contributed by atoms with Gasteiger partial charge >= 0.3 is 11.9 Å². The zero-order valence-corrected chi connectivity index (χ0v) is 17.9. The monoisotopic (exact) mass is 442 g/mol. The maximum Gasteiger partial charge on any atom is 0.339 e. The molecule has 0 spiro atoms. The van der Waals surface area contributed by atoms with E-state index in [1.807, 2.05) is 0 Å². The Labute approximate surface area is 185 Å². The summed E-state index contributed by atoms with van der Waals surface area (Å²) in [4.78, 5) is 51.2. The van der Waals surface area contributed by atoms with E-state index in [0.717, 1.165) is 0 Å². The van der Waals surface area contributed by atoms with Gasteiger partial charge in [-0.15, -0.1) is 0 Å². The molecule has 0 radical (unpaired) electrons. The van der Waals surface area contributed by atoms with Gasteiger partial charge in [0, 0.05) is 11.1 Å². The fourth-order valence-corrected chi connectivity index (χ4v) is 3.01. The van der Waals surface area contributed by atoms with Gasteiger partial charge in [-0.25, -0.2) is 9.59 Å². The fraction of sp³-hybridized carbons (Fsp3) is 0.333. The minimum Gasteiger partial charge on any atom is -0.464 e. The van der Waals surface area contributed by atoms with Gasteiger partial charge in [-0.05, 0) is 12.8 Å². The van der Waals surface area contributed by atoms with Gasteiger partial charge in [0.25, 0.3) is 0 Å². The second-order valence-electron chi connectivity index (χ2n) is 7.05. The zero-order chi connectivity index (χ0) is 23.7. The number of Topliss-reactive ketones (excluding diaryl/α,β-unsaturated/α-hetero) is 2. The summed E-state index contributed by atoms with van der Waals surface area (Å²) in [5.41, 5.74) is -2.08. The van der Waals surface area contributed by atoms with Crippen molar-refractivity contribution in [3.05, 3.63) is 71.8 Å². The first-order valence-electron chi connectivity index (χ1n) is 10.2. The Kier molecular flexibility index (Phi) is 8.80. The van der Waals surface area contributed by atoms with E-state index in [2.05, 4.69) is 0 Å². The standard InChI is InChI=1S/C24H26O8/c1-3-15-31-22(29)18(25)19(26)23(30)32-24(4-2,20(27)16-11-7-5-8-12-16)21(28)17-13-9-6-10-14-17/h5-14,18-19,25-26H,3-4,15H2,1-2H3. The van der Waals surface area contributed by atoms with Crippen LogP contribution < -0.4 is 0 Å². The van der Waals surface area contributed by atoms with Crippen molar-refractivity contribution in [3.8, 4) is 0 Å². The topological polar surface area (TPSA) is 127 Å². The van der Waals surface area contributed by atoms with Crippen molar-refractivity contribution in [3.63, 3.8) is 0 Å². The van der Waals surface area contributed by atoms with E-state index in [-0.39, 0.29) is 24.2 Å². The lowest BCUT2D eigenvalue weighted by molar-refractivity contribution is -0.177. The number of benzene rings is 2. The summed E-state index contributed by atoms with van der Waals surface area (Å²) < 4.78 is 10.0. The van der Waals surface area contributed by atoms with Gasteiger partial charge in [0.2, 0.25) is 17.2 Å². The lowest BCUT2D eigenvalue weighted by atomic mass is 9.83. The van der Waals surface area contributed by atoms with Crippen LogP contribution in [0.2, 0.25) is 0 Å². The Morgan fingerprint density at radius 3 is 1.62 bits per heavy atom. The van der Waals surface area contributed by atoms with Crippen LogP contribution in [0.3, 0.4) is 0 Å². The molecule has 0 bridgehead atoms. The summed E-state index contributed by atoms with van der Waals surface area (Å²) in [5, 5.41) is 20.1. The highest BCUT2D eigenvalue weighted by Gasteiger charge is 2.50. The molecule has 0 fully saturated rings. The second kappa shape index (κ2) is 11.3. The number of carbonyl (C=O) groups excluding carboxylic acids is 4. The van der Waals surface area contributed by atoms with E-state index in [1.165, 1.54) is 31.2 Å². The first-order chi connectivity index (χ1) is 15.3. The molecule has 2 unspecified atom stereocenters. The minimum absolute atomic E-state index is 0.0183. The molecule has 32 heavy (non-hydrogen) atoms. The van der Waals surface area contributed by atoms with E-state index in [9.17, 15) is 29.4 Å². The Balaban J connectivity index is 2.42. The molecule has 8 nitrogen and oxygen atoms in total. The molecule has 2 aromatic carbocycles. The lowest BCUT2D eigenvalue weighted by Crippen LogP contribution is -2.53. The Bertz CT molecular complexity index is 887. The normalized spacial score (nSPS) is 13.0. The van der Waals surface area contributed by atoms with Crippen LogP contribution in [-0.4, -0.2) is 58.1 Å². The summed E-state index contributed by atoms with van der Waals surface area (Å²) in [7, 11) is 0. The van der Waals surface area contributed by atoms with Gasteiger partial charge in [-0.3, -0.25) is 9.59 Å². The van der Waals surface area contributed by atoms with Crippen molar-refractivity contribution < 1.29 is 38.9 Å². The average Bonchev–Trinajstić information content (AvgIpc) is 2.84. The van der Waals surface area contributed by atoms with Crippen LogP contribution in [0.1, 0.15) is 47.4 Å². The van der Waals surface area contributed by atoms with Gasteiger partial charge in [-0.1, -0.05) is 74.5 Å². The third-order valence-corrected chi connectivity index (χ3v) is 4.81. The van der Waals surface area contributed by atoms with Crippen LogP contribution in [0, 0.1) is 0 Å². The molecule has 2 N–H and O–H groups in total. The zero-order valence-electron chi connectivity index (χ0n) is 17.9. The molecule has 170 valence electrons. The number of aliphatic hydroxyl groups is 2. The Morgan fingerprint density at radius 1 is 0.781 bits per heavy atom. The minimum atomic E-state index is -2.35. The van der Waals surface area contributed by atoms with Gasteiger partial charge in [0.15, 0.2) is 12.2 Å². The van der Waals surface area contributed by atoms with Gasteiger partial charge in [-0.2, -0.15) is 0 Å². The molecule has 0 aliphatic heterocycles. The number of hydrogen-bond acceptors (Lipinski definition) is 8. The molecular formula is C24H26O8. The Hall–Kier alpha value is -3.36. The fourth-order valence-electron chi connectivity index (χ4n) is 3.01. The van der Waals surface area contributed by atoms with Crippen molar-refractivity contribution in [2.75, 3.05) is 6.61 Å². The number of aliphatic hydroxyl groups excluding tert-OH is 2. The highest BCUT2D eigenvalue weighted by molar-refractivity contribution is 6.23. The van der Waals surface area contributed by atoms with Gasteiger partial charge in [0.1, 0.15) is 0 Å². The van der Waals surface area contributed by atoms with Crippen molar-refractivity contribution >= 4 is 23.5 Å². The largest absolute Gasteiger partial charge is 0.464 e. The quantitative estimate of drug-likeness (QED) is 0.308. The summed E-state index contributed by atoms with van der Waals surface area (Å²) in [6.07, 6.45) is -4.36. The molecule has 0 amide bonds. The number of hydrogen-bond donors (Lipinski definition) is 2. The third kappa shape index (κ3) is 5.46. The summed E-state index contributed by atoms with van der Waals surface area (Å²) in [5.74, 6) is -4.31. The van der Waals surface area contributed by atoms with Crippen molar-refractivity contribution in [2.45, 2.75) is 44.5 Å². The number of rotatable bonds is 11. The lowest BCUT2D eigenvalue weighted by Gasteiger charge is -2.31. The molecule has 2 aromatic rings. The smallest absolute Gasteiger partial charge is 0.339 e. The second-order valence-corrected chi connectivity index (χ2v) is 7.05. The molecule has 0 aliphatic carbocycles. The SMILES string of the molecule is CCCOC(=O)C(O)C(O)C(=O)OC(CC)(C(=O)c1ccccc1)C(=O)c1ccccc1. The molecule has 0 heterocycles. The maximum absolute atomic E-state index is 13.4. The number of carbonyl (C=O) groups is 4. The summed E-state index contributed by atoms with van der Waals surface area (Å²) in [6.45, 7) is 3.19. The highest BCUT2D eigenvalue weighted by Crippen LogP contribution is 2.28. The van der Waals surface area contributed by atoms with Crippen molar-refractivity contribution in [1.82, 2.24) is 0 Å². The van der Waals surface area contributed by atoms with Crippen LogP contribution in [0.15, 0.2) is 60.7 Å². The van der Waals surface area contributed by atoms with Crippen LogP contribution in [0.4, 0.5) is 0 Å². The average molecular weight is 442 g/mol. The highest BCUT2D eigenvalue weighted by atomic mass is 16.6. The summed E-state index contributed by atoms with van der Waals surface area (Å²) in [6, 6.07) is 15.6. The molecule has 0 aliphatic rings. The van der Waals surface area contributed by atoms with E-state index >= 15 is 0 Å². The van der Waals surface area contributed by atoms with Crippen LogP contribution in [0.25, 0.3) is 0 Å². The van der Waals surface area contributed by atoms with Gasteiger partial charge < -0.3 is 19.7 Å². The van der Waals surface area contributed by atoms with Crippen LogP contribution in [-0.2, 0) is 19.1 Å². The van der Waals surface area contributed by atoms with E-state index in [4.69, 9.17) is 9.47 Å². The molecule has 0 aromatic heterocycles. The van der Waals surface area contributed by atoms with Crippen LogP contribution in [0.5, 0.6) is 0 Å². The maximum atomic E-state index is 13.4. The predicted octanol–water partition coefficient (Wildman–Crippen LogP) is 2.12. The first kappa shape index (κ1) is 24.9. The number of esters is 2. The predicted molar refractivity (Wildman–Crippen MR) is 114 cm³/mol. The third-order valence-electron chi connectivity index (χ3n) is 4.81. The van der Waals surface area contributed by atoms with Crippen molar-refractivity contribution in [1.29, 1.82) is 0 Å². The number of ketones is 2. The Morgan fingerprint density at radius 2 is 1.22 bits per heavy atom. The molecule has 0 saturated heterocycles. The van der Waals surface area contributed by atoms with Gasteiger partial charge in [0.05, 0.1) is 6.61 Å². The molecular weight excluding hydrogens is 416 g/mol. The molecule has 0 saturated carbocycles. The first-order valence-corrected chi connectivity index (χ1v) is 10.2. The van der Waals surface area contributed by atoms with Crippen molar-refractivity contribution in [2.24, 2.45) is 0 Å². The van der Waals surface area contributed by atoms with E-state index in [0.29, 0.717) is 6.42 Å². The van der Waals surface area contributed by atoms with E-state index < -0.39 is 41.3 Å². The molecule has 2 atom stereocenters. The summed E-state index contributed by atoms with van der Waals surface area (Å²) >= 11 is 0. The van der Waals surface area contributed by atoms with Crippen LogP contribution >= 0.6 is 0 Å². The molecule has 8 heteroatoms. The number of ether oxygens (including phenoxy) is 2. The van der Waals surface area contributed by atoms with E-state index in [1.54, 1.807) is 43.3 Å². The molecule has 2 rings (SSSR count).